The molecule has 0 aliphatic carbocycles. The van der Waals surface area contributed by atoms with Gasteiger partial charge in [0.1, 0.15) is 25.1 Å². The average Bonchev–Trinajstić information content (AvgIpc) is 3.00. The van der Waals surface area contributed by atoms with Crippen LogP contribution in [0.1, 0.15) is 22.3 Å². The van der Waals surface area contributed by atoms with Crippen molar-refractivity contribution in [3.05, 3.63) is 156 Å². The van der Waals surface area contributed by atoms with Crippen molar-refractivity contribution in [3.8, 4) is 0 Å². The zero-order chi connectivity index (χ0) is 26.5. The van der Waals surface area contributed by atoms with E-state index in [1.807, 2.05) is 121 Å². The van der Waals surface area contributed by atoms with Gasteiger partial charge in [-0.3, -0.25) is 0 Å². The Morgan fingerprint density at radius 1 is 0.513 bits per heavy atom. The number of rotatable bonds is 13. The summed E-state index contributed by atoms with van der Waals surface area (Å²) in [5.74, 6) is 0.604. The van der Waals surface area contributed by atoms with Crippen molar-refractivity contribution >= 4 is 0 Å². The molecule has 0 N–H and O–H groups in total. The molecular weight excluding hydrogens is 488 g/mol. The molecule has 1 aliphatic rings. The van der Waals surface area contributed by atoms with Crippen molar-refractivity contribution in [1.29, 1.82) is 0 Å². The summed E-state index contributed by atoms with van der Waals surface area (Å²) in [4.78, 5) is 0. The zero-order valence-corrected chi connectivity index (χ0v) is 21.9. The predicted octanol–water partition coefficient (Wildman–Crippen LogP) is 6.83. The molecular formula is C34H34O5. The van der Waals surface area contributed by atoms with E-state index in [1.54, 1.807) is 6.26 Å². The first-order chi connectivity index (χ1) is 19.3. The van der Waals surface area contributed by atoms with Crippen LogP contribution in [0, 0.1) is 0 Å². The summed E-state index contributed by atoms with van der Waals surface area (Å²) in [6.07, 6.45) is 0.372. The van der Waals surface area contributed by atoms with Crippen LogP contribution in [-0.2, 0) is 50.1 Å². The third-order valence-electron chi connectivity index (χ3n) is 6.50. The number of hydrogen-bond acceptors (Lipinski definition) is 5. The van der Waals surface area contributed by atoms with E-state index in [4.69, 9.17) is 23.7 Å². The topological polar surface area (TPSA) is 46.2 Å². The van der Waals surface area contributed by atoms with Gasteiger partial charge < -0.3 is 23.7 Å². The Morgan fingerprint density at radius 3 is 1.51 bits per heavy atom. The Balaban J connectivity index is 1.34. The number of hydrogen-bond donors (Lipinski definition) is 0. The van der Waals surface area contributed by atoms with Gasteiger partial charge in [0.05, 0.1) is 26.4 Å². The van der Waals surface area contributed by atoms with Crippen LogP contribution in [0.2, 0.25) is 0 Å². The van der Waals surface area contributed by atoms with Gasteiger partial charge in [-0.05, 0) is 22.3 Å². The van der Waals surface area contributed by atoms with Gasteiger partial charge in [-0.25, -0.2) is 0 Å². The molecule has 1 aliphatic heterocycles. The number of ether oxygens (including phenoxy) is 5. The van der Waals surface area contributed by atoms with Crippen molar-refractivity contribution in [1.82, 2.24) is 0 Å². The molecule has 0 radical (unpaired) electrons. The first kappa shape index (κ1) is 26.7. The number of benzene rings is 4. The van der Waals surface area contributed by atoms with E-state index in [-0.39, 0.29) is 6.10 Å². The maximum absolute atomic E-state index is 6.52. The molecule has 5 rings (SSSR count). The van der Waals surface area contributed by atoms with Gasteiger partial charge in [-0.2, -0.15) is 0 Å². The Hall–Kier alpha value is -3.90. The Morgan fingerprint density at radius 2 is 0.974 bits per heavy atom. The maximum atomic E-state index is 6.52. The lowest BCUT2D eigenvalue weighted by Crippen LogP contribution is -2.48. The normalized spacial score (nSPS) is 18.7. The minimum atomic E-state index is -0.475. The minimum Gasteiger partial charge on any atom is -0.489 e. The molecule has 5 nitrogen and oxygen atoms in total. The highest BCUT2D eigenvalue weighted by molar-refractivity contribution is 5.18. The van der Waals surface area contributed by atoms with Crippen LogP contribution in [0.15, 0.2) is 133 Å². The van der Waals surface area contributed by atoms with Gasteiger partial charge in [0.25, 0.3) is 0 Å². The Bertz CT molecular complexity index is 1260. The van der Waals surface area contributed by atoms with Gasteiger partial charge in [-0.1, -0.05) is 121 Å². The van der Waals surface area contributed by atoms with E-state index in [9.17, 15) is 0 Å². The molecule has 0 saturated carbocycles. The Labute approximate surface area is 230 Å². The van der Waals surface area contributed by atoms with Crippen molar-refractivity contribution in [2.45, 2.75) is 44.7 Å². The fourth-order valence-electron chi connectivity index (χ4n) is 4.41. The first-order valence-corrected chi connectivity index (χ1v) is 13.3. The lowest BCUT2D eigenvalue weighted by molar-refractivity contribution is -0.167. The fraction of sp³-hybridized carbons (Fsp3) is 0.235. The van der Waals surface area contributed by atoms with E-state index >= 15 is 0 Å². The van der Waals surface area contributed by atoms with Crippen LogP contribution >= 0.6 is 0 Å². The molecule has 200 valence electrons. The molecule has 3 atom stereocenters. The van der Waals surface area contributed by atoms with Crippen molar-refractivity contribution in [2.75, 3.05) is 6.61 Å². The lowest BCUT2D eigenvalue weighted by Gasteiger charge is -2.37. The summed E-state index contributed by atoms with van der Waals surface area (Å²) in [6, 6.07) is 40.4. The molecule has 5 heteroatoms. The largest absolute Gasteiger partial charge is 0.489 e. The molecule has 0 bridgehead atoms. The second-order valence-corrected chi connectivity index (χ2v) is 9.45. The molecule has 39 heavy (non-hydrogen) atoms. The van der Waals surface area contributed by atoms with E-state index in [2.05, 4.69) is 0 Å². The minimum absolute atomic E-state index is 0.349. The molecule has 0 amide bonds. The summed E-state index contributed by atoms with van der Waals surface area (Å²) in [6.45, 7) is 2.08. The monoisotopic (exact) mass is 522 g/mol. The lowest BCUT2D eigenvalue weighted by atomic mass is 10.0. The van der Waals surface area contributed by atoms with E-state index < -0.39 is 12.2 Å². The molecule has 4 aromatic rings. The quantitative estimate of drug-likeness (QED) is 0.193. The third-order valence-corrected chi connectivity index (χ3v) is 6.50. The van der Waals surface area contributed by atoms with Crippen molar-refractivity contribution in [2.24, 2.45) is 0 Å². The second kappa shape index (κ2) is 14.3. The van der Waals surface area contributed by atoms with Gasteiger partial charge >= 0.3 is 0 Å². The average molecular weight is 523 g/mol. The predicted molar refractivity (Wildman–Crippen MR) is 150 cm³/mol. The van der Waals surface area contributed by atoms with Crippen molar-refractivity contribution in [3.63, 3.8) is 0 Å². The molecule has 0 aromatic heterocycles. The summed E-state index contributed by atoms with van der Waals surface area (Å²) >= 11 is 0. The summed E-state index contributed by atoms with van der Waals surface area (Å²) in [7, 11) is 0. The van der Waals surface area contributed by atoms with Crippen LogP contribution in [0.4, 0.5) is 0 Å². The van der Waals surface area contributed by atoms with Crippen LogP contribution in [0.25, 0.3) is 0 Å². The van der Waals surface area contributed by atoms with E-state index in [1.165, 1.54) is 0 Å². The van der Waals surface area contributed by atoms with Crippen LogP contribution < -0.4 is 0 Å². The van der Waals surface area contributed by atoms with Crippen LogP contribution in [0.3, 0.4) is 0 Å². The molecule has 0 spiro atoms. The molecule has 4 aromatic carbocycles. The second-order valence-electron chi connectivity index (χ2n) is 9.45. The standard InChI is InChI=1S/C34H34O5/c1-5-13-27(14-6-1)21-35-25-31-33(38-23-29-17-9-3-10-18-29)34(39-24-30-19-11-4-12-20-30)32(26-37-31)36-22-28-15-7-2-8-16-28/h1-20,26,31,33-34H,21-25H2/t31-,33+,34?/m1/s1. The highest BCUT2D eigenvalue weighted by Gasteiger charge is 2.40. The van der Waals surface area contributed by atoms with E-state index in [0.29, 0.717) is 38.8 Å². The third kappa shape index (κ3) is 8.04. The molecule has 0 fully saturated rings. The van der Waals surface area contributed by atoms with Gasteiger partial charge in [0.15, 0.2) is 11.9 Å². The summed E-state index contributed by atoms with van der Waals surface area (Å²) in [5, 5.41) is 0. The van der Waals surface area contributed by atoms with Crippen molar-refractivity contribution < 1.29 is 23.7 Å². The summed E-state index contributed by atoms with van der Waals surface area (Å²) in [5.41, 5.74) is 4.32. The SMILES string of the molecule is C1=C(OCc2ccccc2)C(OCc2ccccc2)[C@@H](OCc2ccccc2)[C@@H](COCc2ccccc2)O1. The molecule has 1 heterocycles. The summed E-state index contributed by atoms with van der Waals surface area (Å²) < 4.78 is 31.6. The smallest absolute Gasteiger partial charge is 0.162 e. The van der Waals surface area contributed by atoms with Gasteiger partial charge in [0.2, 0.25) is 0 Å². The Kier molecular flexibility index (Phi) is 9.79. The van der Waals surface area contributed by atoms with Crippen LogP contribution in [-0.4, -0.2) is 24.9 Å². The highest BCUT2D eigenvalue weighted by atomic mass is 16.6. The van der Waals surface area contributed by atoms with Crippen LogP contribution in [0.5, 0.6) is 0 Å². The molecule has 0 saturated heterocycles. The van der Waals surface area contributed by atoms with Gasteiger partial charge in [0, 0.05) is 0 Å². The van der Waals surface area contributed by atoms with E-state index in [0.717, 1.165) is 22.3 Å². The van der Waals surface area contributed by atoms with Gasteiger partial charge in [-0.15, -0.1) is 0 Å². The fourth-order valence-corrected chi connectivity index (χ4v) is 4.41. The first-order valence-electron chi connectivity index (χ1n) is 13.3. The maximum Gasteiger partial charge on any atom is 0.162 e. The highest BCUT2D eigenvalue weighted by Crippen LogP contribution is 2.29. The molecule has 1 unspecified atom stereocenters. The zero-order valence-electron chi connectivity index (χ0n) is 21.9.